The summed E-state index contributed by atoms with van der Waals surface area (Å²) in [7, 11) is 0. The highest BCUT2D eigenvalue weighted by Crippen LogP contribution is 2.18. The maximum absolute atomic E-state index is 14.8. The number of H-pyrrole nitrogens is 1. The van der Waals surface area contributed by atoms with E-state index in [0.29, 0.717) is 34.4 Å². The standard InChI is InChI=1S/C63H81N13O16/c1-5-34(3)53(76-59(87)48(29-51(65)81)71-55(83)44(68-52(82)30-64)24-36-10-8-7-9-11-36)61(89)72-46(26-38-14-20-42(79)21-15-38)56(84)69-45(25-37-12-18-41(78)19-13-37)57(85)74-50(32-77)60(88)70-47(27-39-16-22-43(80)23-17-39)58(86)75-54(35(4)6-2)62(90)73-49(63(91)92)28-40-31-66-33-67-40/h7-23,31,33-35,44-50,53-54,77-80H,5-6,24-30,32,64H2,1-4H3,(H2,65,81)(H,66,67)(H,68,82)(H,69,84)(H,70,88)(H,71,83)(H,72,89)(H,73,90)(H,74,85)(H,75,86)(H,76,87)(H,91,92)/t34-,35-,44-,45-,46-,47-,48-,49-,50-,53-,54-/m0/s1. The first kappa shape index (κ1) is 72.3. The van der Waals surface area contributed by atoms with Crippen LogP contribution < -0.4 is 59.3 Å². The van der Waals surface area contributed by atoms with Crippen LogP contribution in [0.15, 0.2) is 116 Å². The van der Waals surface area contributed by atoms with E-state index in [4.69, 9.17) is 11.5 Å². The van der Waals surface area contributed by atoms with Crippen molar-refractivity contribution in [2.45, 2.75) is 133 Å². The number of primary amides is 1. The summed E-state index contributed by atoms with van der Waals surface area (Å²) < 4.78 is 0. The largest absolute Gasteiger partial charge is 0.508 e. The number of carboxylic acid groups (broad SMARTS) is 1. The lowest BCUT2D eigenvalue weighted by Gasteiger charge is -2.30. The van der Waals surface area contributed by atoms with E-state index in [1.165, 1.54) is 85.3 Å². The molecule has 19 N–H and O–H groups in total. The van der Waals surface area contributed by atoms with E-state index in [-0.39, 0.29) is 55.8 Å². The fraction of sp³-hybridized carbons (Fsp3) is 0.397. The molecule has 5 rings (SSSR count). The number of phenolic OH excluding ortho intramolecular Hbond substituents is 3. The molecule has 1 aromatic heterocycles. The Bertz CT molecular complexity index is 3300. The van der Waals surface area contributed by atoms with E-state index in [1.54, 1.807) is 58.0 Å². The van der Waals surface area contributed by atoms with Gasteiger partial charge < -0.3 is 89.8 Å². The molecule has 0 aliphatic rings. The van der Waals surface area contributed by atoms with Gasteiger partial charge in [-0.25, -0.2) is 9.78 Å². The highest BCUT2D eigenvalue weighted by Gasteiger charge is 2.38. The van der Waals surface area contributed by atoms with Crippen molar-refractivity contribution in [2.24, 2.45) is 23.3 Å². The van der Waals surface area contributed by atoms with Gasteiger partial charge in [-0.15, -0.1) is 0 Å². The Morgan fingerprint density at radius 3 is 1.17 bits per heavy atom. The minimum Gasteiger partial charge on any atom is -0.508 e. The Balaban J connectivity index is 1.42. The van der Waals surface area contributed by atoms with E-state index in [1.807, 2.05) is 0 Å². The maximum atomic E-state index is 14.8. The number of nitrogens with two attached hydrogens (primary N) is 2. The summed E-state index contributed by atoms with van der Waals surface area (Å²) in [5.74, 6) is -12.8. The third-order valence-corrected chi connectivity index (χ3v) is 15.2. The molecule has 0 aliphatic heterocycles. The van der Waals surface area contributed by atoms with Crippen molar-refractivity contribution in [3.05, 3.63) is 144 Å². The highest BCUT2D eigenvalue weighted by molar-refractivity contribution is 5.99. The van der Waals surface area contributed by atoms with Gasteiger partial charge >= 0.3 is 5.97 Å². The van der Waals surface area contributed by atoms with E-state index in [2.05, 4.69) is 57.8 Å². The number of carbonyl (C=O) groups excluding carboxylic acids is 10. The molecule has 0 fully saturated rings. The second-order valence-corrected chi connectivity index (χ2v) is 22.2. The number of carboxylic acids is 1. The normalized spacial score (nSPS) is 14.6. The number of carbonyl (C=O) groups is 11. The number of aromatic amines is 1. The Morgan fingerprint density at radius 1 is 0.457 bits per heavy atom. The number of aromatic nitrogens is 2. The van der Waals surface area contributed by atoms with Crippen LogP contribution in [0.2, 0.25) is 0 Å². The minimum absolute atomic E-state index is 0.0524. The van der Waals surface area contributed by atoms with Crippen LogP contribution in [-0.2, 0) is 84.8 Å². The molecule has 11 atom stereocenters. The summed E-state index contributed by atoms with van der Waals surface area (Å²) in [6, 6.07) is 11.1. The van der Waals surface area contributed by atoms with Gasteiger partial charge in [0.15, 0.2) is 0 Å². The maximum Gasteiger partial charge on any atom is 0.326 e. The fourth-order valence-electron chi connectivity index (χ4n) is 9.49. The van der Waals surface area contributed by atoms with Crippen molar-refractivity contribution >= 4 is 65.0 Å². The summed E-state index contributed by atoms with van der Waals surface area (Å²) in [5, 5.41) is 73.9. The second kappa shape index (κ2) is 35.7. The smallest absolute Gasteiger partial charge is 0.326 e. The van der Waals surface area contributed by atoms with Crippen LogP contribution in [0.1, 0.15) is 74.9 Å². The number of aliphatic hydroxyl groups is 1. The molecule has 5 aromatic rings. The predicted molar refractivity (Wildman–Crippen MR) is 332 cm³/mol. The second-order valence-electron chi connectivity index (χ2n) is 22.2. The zero-order valence-corrected chi connectivity index (χ0v) is 51.2. The molecule has 29 nitrogen and oxygen atoms in total. The quantitative estimate of drug-likeness (QED) is 0.0215. The molecule has 4 aromatic carbocycles. The average molecular weight is 1280 g/mol. The van der Waals surface area contributed by atoms with Crippen LogP contribution in [0.25, 0.3) is 0 Å². The van der Waals surface area contributed by atoms with Crippen LogP contribution in [-0.4, -0.2) is 168 Å². The lowest BCUT2D eigenvalue weighted by atomic mass is 9.96. The first-order valence-corrected chi connectivity index (χ1v) is 29.7. The van der Waals surface area contributed by atoms with Crippen molar-refractivity contribution in [3.8, 4) is 17.2 Å². The summed E-state index contributed by atoms with van der Waals surface area (Å²) >= 11 is 0. The molecule has 29 heteroatoms. The molecule has 10 amide bonds. The van der Waals surface area contributed by atoms with Crippen molar-refractivity contribution in [3.63, 3.8) is 0 Å². The molecule has 0 bridgehead atoms. The van der Waals surface area contributed by atoms with Gasteiger partial charge in [-0.3, -0.25) is 47.9 Å². The van der Waals surface area contributed by atoms with E-state index >= 15 is 0 Å². The number of nitrogens with zero attached hydrogens (tertiary/aromatic N) is 1. The lowest BCUT2D eigenvalue weighted by molar-refractivity contribution is -0.142. The van der Waals surface area contributed by atoms with Gasteiger partial charge in [-0.05, 0) is 70.5 Å². The number of imidazole rings is 1. The zero-order valence-electron chi connectivity index (χ0n) is 51.2. The molecule has 1 heterocycles. The fourth-order valence-corrected chi connectivity index (χ4v) is 9.49. The first-order valence-electron chi connectivity index (χ1n) is 29.7. The number of aliphatic carboxylic acids is 1. The summed E-state index contributed by atoms with van der Waals surface area (Å²) in [4.78, 5) is 159. The van der Waals surface area contributed by atoms with E-state index in [9.17, 15) is 78.3 Å². The van der Waals surface area contributed by atoms with Gasteiger partial charge in [0.2, 0.25) is 59.1 Å². The van der Waals surface area contributed by atoms with Crippen LogP contribution in [0.5, 0.6) is 17.2 Å². The predicted octanol–water partition coefficient (Wildman–Crippen LogP) is -1.59. The molecular formula is C63H81N13O16. The number of phenols is 3. The number of aromatic hydroxyl groups is 3. The first-order chi connectivity index (χ1) is 43.8. The summed E-state index contributed by atoms with van der Waals surface area (Å²) in [6.45, 7) is 5.08. The van der Waals surface area contributed by atoms with Gasteiger partial charge in [0.1, 0.15) is 71.6 Å². The molecule has 0 radical (unpaired) electrons. The molecule has 494 valence electrons. The highest BCUT2D eigenvalue weighted by atomic mass is 16.4. The zero-order chi connectivity index (χ0) is 67.6. The Kier molecular flexibility index (Phi) is 28.1. The minimum atomic E-state index is -1.86. The number of benzene rings is 4. The topological polar surface area (TPSA) is 478 Å². The van der Waals surface area contributed by atoms with Crippen molar-refractivity contribution in [1.82, 2.24) is 57.8 Å². The average Bonchev–Trinajstić information content (AvgIpc) is 1.29. The molecular weight excluding hydrogens is 1190 g/mol. The van der Waals surface area contributed by atoms with Crippen molar-refractivity contribution in [2.75, 3.05) is 13.2 Å². The lowest BCUT2D eigenvalue weighted by Crippen LogP contribution is -2.62. The van der Waals surface area contributed by atoms with Gasteiger partial charge in [-0.2, -0.15) is 0 Å². The third-order valence-electron chi connectivity index (χ3n) is 15.2. The van der Waals surface area contributed by atoms with Crippen LogP contribution >= 0.6 is 0 Å². The molecule has 0 spiro atoms. The number of aliphatic hydroxyl groups excluding tert-OH is 1. The van der Waals surface area contributed by atoms with Crippen LogP contribution in [0.4, 0.5) is 0 Å². The Morgan fingerprint density at radius 2 is 0.804 bits per heavy atom. The molecule has 0 unspecified atom stereocenters. The Hall–Kier alpha value is -10.4. The van der Waals surface area contributed by atoms with Crippen LogP contribution in [0, 0.1) is 11.8 Å². The summed E-state index contributed by atoms with van der Waals surface area (Å²) in [6.07, 6.45) is 1.31. The molecule has 0 saturated carbocycles. The molecule has 0 saturated heterocycles. The summed E-state index contributed by atoms with van der Waals surface area (Å²) in [5.41, 5.74) is 13.2. The number of amides is 10. The molecule has 92 heavy (non-hydrogen) atoms. The van der Waals surface area contributed by atoms with Gasteiger partial charge in [-0.1, -0.05) is 107 Å². The SMILES string of the molecule is CC[C@H](C)[C@H](NC(=O)[C@H](Cc1ccc(O)cc1)NC(=O)[C@H](CO)NC(=O)[C@H](Cc1ccc(O)cc1)NC(=O)[C@H](Cc1ccc(O)cc1)NC(=O)[C@@H](NC(=O)[C@H](CC(N)=O)NC(=O)[C@H](Cc1ccccc1)NC(=O)CN)[C@@H](C)CC)C(=O)N[C@@H](Cc1cnc[nH]1)C(=O)O. The van der Waals surface area contributed by atoms with E-state index in [0.717, 1.165) is 0 Å². The number of nitrogens with one attached hydrogen (secondary N) is 10. The monoisotopic (exact) mass is 1280 g/mol. The van der Waals surface area contributed by atoms with Gasteiger partial charge in [0.25, 0.3) is 0 Å². The van der Waals surface area contributed by atoms with Crippen molar-refractivity contribution in [1.29, 1.82) is 0 Å². The molecule has 0 aliphatic carbocycles. The van der Waals surface area contributed by atoms with Crippen molar-refractivity contribution < 1.29 is 78.3 Å². The van der Waals surface area contributed by atoms with Crippen LogP contribution in [0.3, 0.4) is 0 Å². The number of hydrogen-bond donors (Lipinski definition) is 17. The Labute approximate surface area is 530 Å². The van der Waals surface area contributed by atoms with Gasteiger partial charge in [0.05, 0.1) is 25.9 Å². The third kappa shape index (κ3) is 22.9. The van der Waals surface area contributed by atoms with Gasteiger partial charge in [0, 0.05) is 44.0 Å². The number of rotatable bonds is 36. The van der Waals surface area contributed by atoms with E-state index < -0.39 is 151 Å². The number of hydrogen-bond acceptors (Lipinski definition) is 17.